The van der Waals surface area contributed by atoms with E-state index in [0.29, 0.717) is 25.6 Å². The van der Waals surface area contributed by atoms with Crippen molar-refractivity contribution in [1.82, 2.24) is 14.8 Å². The summed E-state index contributed by atoms with van der Waals surface area (Å²) in [4.78, 5) is 21.2. The first-order valence-electron chi connectivity index (χ1n) is 12.1. The molecule has 13 heteroatoms. The SMILES string of the molecule is CCOC(C)(OCC)OCC.COC(=O)CN.Cc1n[nH]c(=O)n1-c1ccc(Br)cc1.Nc1ccc(Br)cc1. The Balaban J connectivity index is 0.000000519. The Morgan fingerprint density at radius 3 is 1.67 bits per heavy atom. The second-order valence-electron chi connectivity index (χ2n) is 7.38. The topological polar surface area (TPSA) is 157 Å². The van der Waals surface area contributed by atoms with E-state index in [0.717, 1.165) is 20.3 Å². The summed E-state index contributed by atoms with van der Waals surface area (Å²) in [6.45, 7) is 11.0. The molecule has 0 fully saturated rings. The van der Waals surface area contributed by atoms with Gasteiger partial charge in [-0.05, 0) is 76.2 Å². The maximum absolute atomic E-state index is 11.4. The van der Waals surface area contributed by atoms with Crippen LogP contribution in [0.15, 0.2) is 62.3 Å². The maximum atomic E-state index is 11.4. The number of carbonyl (C=O) groups excluding carboxylic acids is 1. The standard InChI is InChI=1S/C9H8BrN3O.C8H18O3.C6H6BrN.C3H7NO2/c1-6-11-12-9(14)13(6)8-4-2-7(10)3-5-8;1-5-9-8(4,10-6-2)11-7-3;7-5-1-3-6(8)4-2-5;1-6-3(5)2-4/h2-5H,1H3,(H,12,14);5-7H2,1-4H3;1-4H,8H2;2,4H2,1H3. The third-order valence-corrected chi connectivity index (χ3v) is 5.47. The van der Waals surface area contributed by atoms with Crippen molar-refractivity contribution in [1.29, 1.82) is 0 Å². The molecule has 1 heterocycles. The van der Waals surface area contributed by atoms with Crippen molar-refractivity contribution in [2.24, 2.45) is 5.73 Å². The van der Waals surface area contributed by atoms with Gasteiger partial charge in [0.15, 0.2) is 0 Å². The van der Waals surface area contributed by atoms with Crippen molar-refractivity contribution in [3.8, 4) is 5.69 Å². The van der Waals surface area contributed by atoms with Crippen LogP contribution in [0.2, 0.25) is 0 Å². The number of nitrogens with zero attached hydrogens (tertiary/aromatic N) is 2. The number of nitrogens with two attached hydrogens (primary N) is 2. The summed E-state index contributed by atoms with van der Waals surface area (Å²) in [6, 6.07) is 15.0. The smallest absolute Gasteiger partial charge is 0.347 e. The molecular weight excluding hydrogens is 638 g/mol. The Morgan fingerprint density at radius 2 is 1.38 bits per heavy atom. The summed E-state index contributed by atoms with van der Waals surface area (Å²) in [6.07, 6.45) is 0. The first kappa shape index (κ1) is 36.5. The fourth-order valence-electron chi connectivity index (χ4n) is 2.73. The molecule has 1 aromatic heterocycles. The molecular formula is C26H39Br2N5O6. The molecule has 0 saturated heterocycles. The number of methoxy groups -OCH3 is 1. The van der Waals surface area contributed by atoms with E-state index < -0.39 is 5.97 Å². The third kappa shape index (κ3) is 15.6. The molecule has 0 aliphatic rings. The van der Waals surface area contributed by atoms with Crippen LogP contribution in [0.3, 0.4) is 0 Å². The van der Waals surface area contributed by atoms with Crippen molar-refractivity contribution in [2.75, 3.05) is 39.2 Å². The van der Waals surface area contributed by atoms with E-state index in [-0.39, 0.29) is 18.2 Å². The summed E-state index contributed by atoms with van der Waals surface area (Å²) in [5.74, 6) is -0.578. The molecule has 0 amide bonds. The van der Waals surface area contributed by atoms with Gasteiger partial charge in [-0.3, -0.25) is 4.79 Å². The number of H-pyrrole nitrogens is 1. The molecule has 0 aliphatic carbocycles. The number of rotatable bonds is 8. The Labute approximate surface area is 246 Å². The molecule has 3 rings (SSSR count). The molecule has 0 bridgehead atoms. The molecule has 3 aromatic rings. The summed E-state index contributed by atoms with van der Waals surface area (Å²) >= 11 is 6.62. The number of aryl methyl sites for hydroxylation is 1. The maximum Gasteiger partial charge on any atom is 0.347 e. The number of anilines is 1. The first-order chi connectivity index (χ1) is 18.5. The molecule has 0 radical (unpaired) electrons. The zero-order valence-electron chi connectivity index (χ0n) is 23.2. The molecule has 5 N–H and O–H groups in total. The van der Waals surface area contributed by atoms with Crippen molar-refractivity contribution in [3.63, 3.8) is 0 Å². The lowest BCUT2D eigenvalue weighted by Gasteiger charge is -2.27. The average molecular weight is 677 g/mol. The largest absolute Gasteiger partial charge is 0.468 e. The number of nitrogen functional groups attached to an aromatic ring is 1. The zero-order chi connectivity index (χ0) is 29.8. The second-order valence-corrected chi connectivity index (χ2v) is 9.21. The quantitative estimate of drug-likeness (QED) is 0.177. The highest BCUT2D eigenvalue weighted by Gasteiger charge is 2.24. The number of hydrogen-bond donors (Lipinski definition) is 3. The van der Waals surface area contributed by atoms with E-state index in [1.165, 1.54) is 11.7 Å². The van der Waals surface area contributed by atoms with E-state index in [1.807, 2.05) is 69.3 Å². The van der Waals surface area contributed by atoms with Gasteiger partial charge in [0.1, 0.15) is 5.82 Å². The van der Waals surface area contributed by atoms with E-state index in [4.69, 9.17) is 25.7 Å². The van der Waals surface area contributed by atoms with Crippen molar-refractivity contribution < 1.29 is 23.7 Å². The molecule has 218 valence electrons. The summed E-state index contributed by atoms with van der Waals surface area (Å²) < 4.78 is 23.5. The van der Waals surface area contributed by atoms with Crippen LogP contribution in [0.5, 0.6) is 0 Å². The van der Waals surface area contributed by atoms with Crippen LogP contribution < -0.4 is 17.2 Å². The normalized spacial score (nSPS) is 10.2. The minimum absolute atomic E-state index is 0.0312. The van der Waals surface area contributed by atoms with E-state index >= 15 is 0 Å². The van der Waals surface area contributed by atoms with Crippen molar-refractivity contribution >= 4 is 43.5 Å². The Morgan fingerprint density at radius 1 is 0.949 bits per heavy atom. The predicted octanol–water partition coefficient (Wildman–Crippen LogP) is 4.55. The highest BCUT2D eigenvalue weighted by molar-refractivity contribution is 9.10. The lowest BCUT2D eigenvalue weighted by molar-refractivity contribution is -0.365. The number of aromatic amines is 1. The summed E-state index contributed by atoms with van der Waals surface area (Å²) in [5, 5.41) is 6.22. The minimum Gasteiger partial charge on any atom is -0.468 e. The van der Waals surface area contributed by atoms with Crippen LogP contribution in [0, 0.1) is 6.92 Å². The number of halogens is 2. The van der Waals surface area contributed by atoms with Crippen LogP contribution in [-0.2, 0) is 23.7 Å². The van der Waals surface area contributed by atoms with Gasteiger partial charge in [-0.25, -0.2) is 14.5 Å². The Hall–Kier alpha value is -2.55. The second kappa shape index (κ2) is 20.4. The Kier molecular flexibility index (Phi) is 19.0. The highest BCUT2D eigenvalue weighted by atomic mass is 79.9. The van der Waals surface area contributed by atoms with Crippen LogP contribution >= 0.6 is 31.9 Å². The number of esters is 1. The van der Waals surface area contributed by atoms with Gasteiger partial charge in [-0.1, -0.05) is 31.9 Å². The number of benzene rings is 2. The number of carbonyl (C=O) groups is 1. The molecule has 0 unspecified atom stereocenters. The number of aromatic nitrogens is 3. The fourth-order valence-corrected chi connectivity index (χ4v) is 3.26. The van der Waals surface area contributed by atoms with Crippen molar-refractivity contribution in [2.45, 2.75) is 40.6 Å². The van der Waals surface area contributed by atoms with Gasteiger partial charge >= 0.3 is 11.7 Å². The summed E-state index contributed by atoms with van der Waals surface area (Å²) in [5.41, 5.74) is 11.6. The molecule has 0 atom stereocenters. The van der Waals surface area contributed by atoms with Gasteiger partial charge in [0.2, 0.25) is 0 Å². The van der Waals surface area contributed by atoms with Crippen LogP contribution in [0.1, 0.15) is 33.5 Å². The van der Waals surface area contributed by atoms with Crippen LogP contribution in [0.4, 0.5) is 5.69 Å². The van der Waals surface area contributed by atoms with Crippen LogP contribution in [0.25, 0.3) is 5.69 Å². The zero-order valence-corrected chi connectivity index (χ0v) is 26.4. The highest BCUT2D eigenvalue weighted by Crippen LogP contribution is 2.14. The van der Waals surface area contributed by atoms with Crippen LogP contribution in [-0.4, -0.2) is 60.2 Å². The first-order valence-corrected chi connectivity index (χ1v) is 13.6. The molecule has 2 aromatic carbocycles. The van der Waals surface area contributed by atoms with Gasteiger partial charge in [0, 0.05) is 41.4 Å². The van der Waals surface area contributed by atoms with Gasteiger partial charge < -0.3 is 30.4 Å². The van der Waals surface area contributed by atoms with Gasteiger partial charge in [0.05, 0.1) is 19.3 Å². The lowest BCUT2D eigenvalue weighted by atomic mass is 10.3. The van der Waals surface area contributed by atoms with Gasteiger partial charge in [0.25, 0.3) is 5.97 Å². The molecule has 0 saturated carbocycles. The lowest BCUT2D eigenvalue weighted by Crippen LogP contribution is -2.35. The van der Waals surface area contributed by atoms with E-state index in [9.17, 15) is 9.59 Å². The number of hydrogen-bond acceptors (Lipinski definition) is 9. The average Bonchev–Trinajstić information content (AvgIpc) is 3.25. The molecule has 11 nitrogen and oxygen atoms in total. The monoisotopic (exact) mass is 675 g/mol. The fraction of sp³-hybridized carbons (Fsp3) is 0.423. The van der Waals surface area contributed by atoms with Crippen molar-refractivity contribution in [3.05, 3.63) is 73.8 Å². The number of nitrogens with one attached hydrogen (secondary N) is 1. The molecule has 0 spiro atoms. The van der Waals surface area contributed by atoms with Gasteiger partial charge in [-0.15, -0.1) is 0 Å². The summed E-state index contributed by atoms with van der Waals surface area (Å²) in [7, 11) is 1.30. The molecule has 39 heavy (non-hydrogen) atoms. The minimum atomic E-state index is -0.849. The van der Waals surface area contributed by atoms with E-state index in [2.05, 4.69) is 46.8 Å². The van der Waals surface area contributed by atoms with E-state index in [1.54, 1.807) is 13.8 Å². The Bertz CT molecular complexity index is 1080. The predicted molar refractivity (Wildman–Crippen MR) is 160 cm³/mol. The number of ether oxygens (including phenoxy) is 4. The van der Waals surface area contributed by atoms with Gasteiger partial charge in [-0.2, -0.15) is 5.10 Å². The molecule has 0 aliphatic heterocycles. The third-order valence-electron chi connectivity index (χ3n) is 4.41.